The zero-order valence-electron chi connectivity index (χ0n) is 22.1. The average Bonchev–Trinajstić information content (AvgIpc) is 2.98. The van der Waals surface area contributed by atoms with Crippen LogP contribution in [0.2, 0.25) is 0 Å². The summed E-state index contributed by atoms with van der Waals surface area (Å²) in [5.74, 6) is -1.38. The second kappa shape index (κ2) is 13.3. The number of hydrogen-bond acceptors (Lipinski definition) is 6. The molecule has 0 aromatic heterocycles. The first kappa shape index (κ1) is 29.5. The van der Waals surface area contributed by atoms with Crippen LogP contribution in [0.5, 0.6) is 11.5 Å². The van der Waals surface area contributed by atoms with E-state index < -0.39 is 29.5 Å². The van der Waals surface area contributed by atoms with Crippen molar-refractivity contribution in [3.8, 4) is 11.5 Å². The van der Waals surface area contributed by atoms with Crippen LogP contribution in [0.1, 0.15) is 49.1 Å². The van der Waals surface area contributed by atoms with Crippen LogP contribution in [-0.4, -0.2) is 30.6 Å². The number of alkyl halides is 3. The minimum Gasteiger partial charge on any atom is -0.490 e. The number of nitrogens with zero attached hydrogens (tertiary/aromatic N) is 1. The van der Waals surface area contributed by atoms with Crippen LogP contribution in [0.4, 0.5) is 18.9 Å². The molecular formula is C31H24F3N3O5. The zero-order valence-corrected chi connectivity index (χ0v) is 22.1. The molecule has 0 saturated heterocycles. The van der Waals surface area contributed by atoms with E-state index in [0.29, 0.717) is 23.5 Å². The van der Waals surface area contributed by atoms with E-state index in [0.717, 1.165) is 18.2 Å². The molecule has 4 rings (SSSR count). The molecule has 0 atom stereocenters. The van der Waals surface area contributed by atoms with Crippen molar-refractivity contribution in [3.05, 3.63) is 125 Å². The van der Waals surface area contributed by atoms with Crippen LogP contribution in [0, 0.1) is 0 Å². The fourth-order valence-corrected chi connectivity index (χ4v) is 3.70. The van der Waals surface area contributed by atoms with Gasteiger partial charge in [0.1, 0.15) is 0 Å². The third kappa shape index (κ3) is 7.81. The van der Waals surface area contributed by atoms with Gasteiger partial charge in [-0.1, -0.05) is 30.3 Å². The summed E-state index contributed by atoms with van der Waals surface area (Å²) in [6.07, 6.45) is -3.22. The Morgan fingerprint density at radius 2 is 1.48 bits per heavy atom. The monoisotopic (exact) mass is 575 g/mol. The lowest BCUT2D eigenvalue weighted by Crippen LogP contribution is -2.18. The van der Waals surface area contributed by atoms with Crippen molar-refractivity contribution in [2.45, 2.75) is 13.1 Å². The predicted molar refractivity (Wildman–Crippen MR) is 150 cm³/mol. The molecule has 4 aromatic rings. The highest BCUT2D eigenvalue weighted by atomic mass is 19.4. The number of hydrazone groups is 1. The van der Waals surface area contributed by atoms with Gasteiger partial charge in [-0.2, -0.15) is 18.3 Å². The van der Waals surface area contributed by atoms with Gasteiger partial charge in [-0.3, -0.25) is 9.59 Å². The molecule has 0 heterocycles. The van der Waals surface area contributed by atoms with Gasteiger partial charge in [0.2, 0.25) is 0 Å². The molecule has 0 unspecified atom stereocenters. The van der Waals surface area contributed by atoms with Crippen molar-refractivity contribution in [1.29, 1.82) is 0 Å². The van der Waals surface area contributed by atoms with Gasteiger partial charge in [-0.25, -0.2) is 10.2 Å². The van der Waals surface area contributed by atoms with E-state index >= 15 is 0 Å². The van der Waals surface area contributed by atoms with Crippen LogP contribution in [0.15, 0.2) is 102 Å². The highest BCUT2D eigenvalue weighted by Gasteiger charge is 2.31. The smallest absolute Gasteiger partial charge is 0.416 e. The molecule has 4 aromatic carbocycles. The Hall–Kier alpha value is -5.45. The Kier molecular flexibility index (Phi) is 9.33. The predicted octanol–water partition coefficient (Wildman–Crippen LogP) is 6.34. The molecule has 42 heavy (non-hydrogen) atoms. The zero-order chi connectivity index (χ0) is 30.1. The van der Waals surface area contributed by atoms with E-state index in [1.165, 1.54) is 36.5 Å². The summed E-state index contributed by atoms with van der Waals surface area (Å²) in [6, 6.07) is 23.1. The standard InChI is InChI=1S/C31H24F3N3O5/c1-2-41-27-16-20(14-15-26(27)42-30(40)21-8-4-3-5-9-21)19-35-37-29(39)23-11-7-13-25(18-23)36-28(38)22-10-6-12-24(17-22)31(32,33)34/h3-19H,2H2,1H3,(H,36,38)(H,37,39). The summed E-state index contributed by atoms with van der Waals surface area (Å²) >= 11 is 0. The average molecular weight is 576 g/mol. The number of anilines is 1. The molecule has 0 fully saturated rings. The first-order valence-electron chi connectivity index (χ1n) is 12.6. The Morgan fingerprint density at radius 1 is 0.786 bits per heavy atom. The van der Waals surface area contributed by atoms with E-state index in [2.05, 4.69) is 15.8 Å². The highest BCUT2D eigenvalue weighted by molar-refractivity contribution is 6.05. The van der Waals surface area contributed by atoms with E-state index in [1.807, 2.05) is 0 Å². The summed E-state index contributed by atoms with van der Waals surface area (Å²) in [5.41, 5.74) is 2.51. The number of hydrogen-bond donors (Lipinski definition) is 2. The van der Waals surface area contributed by atoms with E-state index in [1.54, 1.807) is 55.5 Å². The van der Waals surface area contributed by atoms with Gasteiger partial charge in [0.25, 0.3) is 11.8 Å². The summed E-state index contributed by atoms with van der Waals surface area (Å²) < 4.78 is 50.0. The Bertz CT molecular complexity index is 1620. The quantitative estimate of drug-likeness (QED) is 0.105. The fourth-order valence-electron chi connectivity index (χ4n) is 3.70. The Labute approximate surface area is 238 Å². The molecule has 214 valence electrons. The SMILES string of the molecule is CCOc1cc(C=NNC(=O)c2cccc(NC(=O)c3cccc(C(F)(F)F)c3)c2)ccc1OC(=O)c1ccccc1. The van der Waals surface area contributed by atoms with Crippen molar-refractivity contribution in [2.75, 3.05) is 11.9 Å². The number of amides is 2. The second-order valence-electron chi connectivity index (χ2n) is 8.71. The lowest BCUT2D eigenvalue weighted by Gasteiger charge is -2.11. The molecule has 0 aliphatic heterocycles. The molecule has 0 spiro atoms. The van der Waals surface area contributed by atoms with Gasteiger partial charge in [0.15, 0.2) is 11.5 Å². The van der Waals surface area contributed by atoms with E-state index in [9.17, 15) is 27.6 Å². The molecule has 8 nitrogen and oxygen atoms in total. The highest BCUT2D eigenvalue weighted by Crippen LogP contribution is 2.30. The molecule has 2 amide bonds. The maximum Gasteiger partial charge on any atom is 0.416 e. The van der Waals surface area contributed by atoms with Crippen LogP contribution < -0.4 is 20.2 Å². The largest absolute Gasteiger partial charge is 0.490 e. The normalized spacial score (nSPS) is 11.1. The molecule has 11 heteroatoms. The maximum atomic E-state index is 13.0. The van der Waals surface area contributed by atoms with Crippen LogP contribution in [0.25, 0.3) is 0 Å². The number of rotatable bonds is 9. The van der Waals surface area contributed by atoms with Gasteiger partial charge in [0, 0.05) is 16.8 Å². The lowest BCUT2D eigenvalue weighted by atomic mass is 10.1. The minimum absolute atomic E-state index is 0.146. The van der Waals surface area contributed by atoms with Crippen LogP contribution in [0.3, 0.4) is 0 Å². The minimum atomic E-state index is -4.59. The van der Waals surface area contributed by atoms with E-state index in [-0.39, 0.29) is 22.6 Å². The number of nitrogens with one attached hydrogen (secondary N) is 2. The number of benzene rings is 4. The molecule has 0 radical (unpaired) electrons. The number of esters is 1. The van der Waals surface area contributed by atoms with Gasteiger partial charge in [0.05, 0.1) is 23.9 Å². The van der Waals surface area contributed by atoms with Crippen molar-refractivity contribution in [3.63, 3.8) is 0 Å². The van der Waals surface area contributed by atoms with Gasteiger partial charge in [-0.15, -0.1) is 0 Å². The van der Waals surface area contributed by atoms with Gasteiger partial charge < -0.3 is 14.8 Å². The van der Waals surface area contributed by atoms with Crippen molar-refractivity contribution >= 4 is 29.7 Å². The third-order valence-corrected chi connectivity index (χ3v) is 5.69. The van der Waals surface area contributed by atoms with Crippen molar-refractivity contribution in [2.24, 2.45) is 5.10 Å². The van der Waals surface area contributed by atoms with Crippen molar-refractivity contribution < 1.29 is 37.0 Å². The summed E-state index contributed by atoms with van der Waals surface area (Å²) in [6.45, 7) is 2.09. The molecule has 0 aliphatic rings. The number of carbonyl (C=O) groups excluding carboxylic acids is 3. The molecule has 2 N–H and O–H groups in total. The summed E-state index contributed by atoms with van der Waals surface area (Å²) in [7, 11) is 0. The molecule has 0 saturated carbocycles. The second-order valence-corrected chi connectivity index (χ2v) is 8.71. The van der Waals surface area contributed by atoms with Gasteiger partial charge >= 0.3 is 12.1 Å². The van der Waals surface area contributed by atoms with Gasteiger partial charge in [-0.05, 0) is 79.2 Å². The first-order valence-corrected chi connectivity index (χ1v) is 12.6. The number of ether oxygens (including phenoxy) is 2. The van der Waals surface area contributed by atoms with Crippen LogP contribution >= 0.6 is 0 Å². The molecule has 0 bridgehead atoms. The molecular weight excluding hydrogens is 551 g/mol. The Balaban J connectivity index is 1.40. The summed E-state index contributed by atoms with van der Waals surface area (Å²) in [4.78, 5) is 37.6. The lowest BCUT2D eigenvalue weighted by molar-refractivity contribution is -0.137. The Morgan fingerprint density at radius 3 is 2.19 bits per heavy atom. The fraction of sp³-hybridized carbons (Fsp3) is 0.0968. The maximum absolute atomic E-state index is 13.0. The van der Waals surface area contributed by atoms with E-state index in [4.69, 9.17) is 9.47 Å². The summed E-state index contributed by atoms with van der Waals surface area (Å²) in [5, 5.41) is 6.43. The number of halogens is 3. The third-order valence-electron chi connectivity index (χ3n) is 5.69. The molecule has 0 aliphatic carbocycles. The topological polar surface area (TPSA) is 106 Å². The number of carbonyl (C=O) groups is 3. The first-order chi connectivity index (χ1) is 20.1. The van der Waals surface area contributed by atoms with Crippen molar-refractivity contribution in [1.82, 2.24) is 5.43 Å². The van der Waals surface area contributed by atoms with Crippen LogP contribution in [-0.2, 0) is 6.18 Å².